The second-order valence-electron chi connectivity index (χ2n) is 6.35. The lowest BCUT2D eigenvalue weighted by Crippen LogP contribution is -2.52. The molecule has 3 aromatic rings. The van der Waals surface area contributed by atoms with Gasteiger partial charge in [-0.05, 0) is 44.2 Å². The Bertz CT molecular complexity index is 931. The van der Waals surface area contributed by atoms with E-state index in [0.717, 1.165) is 46.1 Å². The van der Waals surface area contributed by atoms with Crippen LogP contribution in [-0.2, 0) is 0 Å². The smallest absolute Gasteiger partial charge is 0.264 e. The van der Waals surface area contributed by atoms with E-state index in [1.165, 1.54) is 23.5 Å². The van der Waals surface area contributed by atoms with Crippen LogP contribution in [0.3, 0.4) is 0 Å². The molecule has 1 saturated heterocycles. The minimum Gasteiger partial charge on any atom is -0.333 e. The Morgan fingerprint density at radius 1 is 1.36 bits per heavy atom. The van der Waals surface area contributed by atoms with Crippen molar-refractivity contribution in [3.63, 3.8) is 0 Å². The third kappa shape index (κ3) is 2.83. The summed E-state index contributed by atoms with van der Waals surface area (Å²) in [6.07, 6.45) is 0. The Balaban J connectivity index is 1.74. The molecule has 0 aliphatic carbocycles. The standard InChI is InChI=1S/C18H19FN4OS/c1-11-10-20-7-8-22(11)17(24)16-9-15-12(2)21-23(18(15)25-16)14-5-3-13(19)4-6-14/h3-6,9,11,20H,7-8,10H2,1-2H3/t11-/m0/s1. The van der Waals surface area contributed by atoms with Crippen molar-refractivity contribution in [3.05, 3.63) is 46.7 Å². The Morgan fingerprint density at radius 2 is 2.12 bits per heavy atom. The summed E-state index contributed by atoms with van der Waals surface area (Å²) in [4.78, 5) is 16.5. The normalized spacial score (nSPS) is 18.0. The molecular weight excluding hydrogens is 339 g/mol. The van der Waals surface area contributed by atoms with Crippen LogP contribution in [0.2, 0.25) is 0 Å². The SMILES string of the molecule is Cc1nn(-c2ccc(F)cc2)c2sc(C(=O)N3CCNC[C@@H]3C)cc12. The highest BCUT2D eigenvalue weighted by molar-refractivity contribution is 7.20. The summed E-state index contributed by atoms with van der Waals surface area (Å²) in [5, 5.41) is 8.82. The fourth-order valence-electron chi connectivity index (χ4n) is 3.19. The number of aryl methyl sites for hydroxylation is 1. The van der Waals surface area contributed by atoms with Crippen molar-refractivity contribution in [1.29, 1.82) is 0 Å². The highest BCUT2D eigenvalue weighted by Crippen LogP contribution is 2.31. The predicted octanol–water partition coefficient (Wildman–Crippen LogP) is 2.97. The van der Waals surface area contributed by atoms with Crippen LogP contribution >= 0.6 is 11.3 Å². The van der Waals surface area contributed by atoms with Gasteiger partial charge in [-0.3, -0.25) is 4.79 Å². The summed E-state index contributed by atoms with van der Waals surface area (Å²) in [7, 11) is 0. The van der Waals surface area contributed by atoms with Gasteiger partial charge in [-0.1, -0.05) is 0 Å². The number of thiophene rings is 1. The number of halogens is 1. The van der Waals surface area contributed by atoms with Crippen molar-refractivity contribution >= 4 is 27.5 Å². The average molecular weight is 358 g/mol. The van der Waals surface area contributed by atoms with Crippen molar-refractivity contribution in [2.75, 3.05) is 19.6 Å². The lowest BCUT2D eigenvalue weighted by atomic mass is 10.2. The number of nitrogens with one attached hydrogen (secondary N) is 1. The number of carbonyl (C=O) groups is 1. The molecule has 0 bridgehead atoms. The molecule has 25 heavy (non-hydrogen) atoms. The van der Waals surface area contributed by atoms with Gasteiger partial charge < -0.3 is 10.2 Å². The molecule has 0 saturated carbocycles. The van der Waals surface area contributed by atoms with Crippen LogP contribution in [0.15, 0.2) is 30.3 Å². The number of nitrogens with zero attached hydrogens (tertiary/aromatic N) is 3. The number of benzene rings is 1. The molecule has 2 aromatic heterocycles. The van der Waals surface area contributed by atoms with Crippen molar-refractivity contribution in [1.82, 2.24) is 20.0 Å². The molecule has 7 heteroatoms. The average Bonchev–Trinajstić information content (AvgIpc) is 3.17. The molecule has 0 radical (unpaired) electrons. The van der Waals surface area contributed by atoms with E-state index in [1.807, 2.05) is 17.9 Å². The Labute approximate surface area is 149 Å². The Hall–Kier alpha value is -2.25. The molecule has 0 spiro atoms. The van der Waals surface area contributed by atoms with Gasteiger partial charge in [-0.25, -0.2) is 9.07 Å². The van der Waals surface area contributed by atoms with Gasteiger partial charge in [0, 0.05) is 31.1 Å². The number of rotatable bonds is 2. The first-order chi connectivity index (χ1) is 12.0. The van der Waals surface area contributed by atoms with Crippen LogP contribution in [0.25, 0.3) is 15.9 Å². The molecular formula is C18H19FN4OS. The van der Waals surface area contributed by atoms with Gasteiger partial charge in [0.2, 0.25) is 0 Å². The van der Waals surface area contributed by atoms with E-state index in [2.05, 4.69) is 17.3 Å². The van der Waals surface area contributed by atoms with E-state index in [9.17, 15) is 9.18 Å². The molecule has 1 aliphatic rings. The van der Waals surface area contributed by atoms with Gasteiger partial charge in [0.15, 0.2) is 0 Å². The van der Waals surface area contributed by atoms with E-state index >= 15 is 0 Å². The lowest BCUT2D eigenvalue weighted by molar-refractivity contribution is 0.0661. The number of fused-ring (bicyclic) bond motifs is 1. The number of hydrogen-bond donors (Lipinski definition) is 1. The van der Waals surface area contributed by atoms with Crippen molar-refractivity contribution in [2.24, 2.45) is 0 Å². The molecule has 1 atom stereocenters. The topological polar surface area (TPSA) is 50.2 Å². The molecule has 0 unspecified atom stereocenters. The minimum absolute atomic E-state index is 0.0697. The third-order valence-electron chi connectivity index (χ3n) is 4.59. The van der Waals surface area contributed by atoms with Gasteiger partial charge >= 0.3 is 0 Å². The molecule has 1 fully saturated rings. The first kappa shape index (κ1) is 16.2. The van der Waals surface area contributed by atoms with Gasteiger partial charge in [0.25, 0.3) is 5.91 Å². The highest BCUT2D eigenvalue weighted by atomic mass is 32.1. The fraction of sp³-hybridized carbons (Fsp3) is 0.333. The zero-order valence-electron chi connectivity index (χ0n) is 14.1. The molecule has 1 aromatic carbocycles. The van der Waals surface area contributed by atoms with E-state index < -0.39 is 0 Å². The highest BCUT2D eigenvalue weighted by Gasteiger charge is 2.26. The molecule has 1 N–H and O–H groups in total. The third-order valence-corrected chi connectivity index (χ3v) is 5.69. The first-order valence-electron chi connectivity index (χ1n) is 8.31. The quantitative estimate of drug-likeness (QED) is 0.766. The molecule has 3 heterocycles. The van der Waals surface area contributed by atoms with Crippen LogP contribution in [0.5, 0.6) is 0 Å². The van der Waals surface area contributed by atoms with Crippen LogP contribution < -0.4 is 5.32 Å². The Kier molecular flexibility index (Phi) is 4.05. The Morgan fingerprint density at radius 3 is 2.84 bits per heavy atom. The monoisotopic (exact) mass is 358 g/mol. The summed E-state index contributed by atoms with van der Waals surface area (Å²) in [6.45, 7) is 6.35. The number of piperazine rings is 1. The summed E-state index contributed by atoms with van der Waals surface area (Å²) in [6, 6.07) is 8.34. The maximum Gasteiger partial charge on any atom is 0.264 e. The number of hydrogen-bond acceptors (Lipinski definition) is 4. The predicted molar refractivity (Wildman–Crippen MR) is 97.0 cm³/mol. The maximum atomic E-state index is 13.2. The fourth-order valence-corrected chi connectivity index (χ4v) is 4.33. The number of amides is 1. The van der Waals surface area contributed by atoms with E-state index in [1.54, 1.807) is 16.8 Å². The molecule has 4 rings (SSSR count). The maximum absolute atomic E-state index is 13.2. The minimum atomic E-state index is -0.279. The van der Waals surface area contributed by atoms with Gasteiger partial charge in [0.05, 0.1) is 16.3 Å². The largest absolute Gasteiger partial charge is 0.333 e. The summed E-state index contributed by atoms with van der Waals surface area (Å²) >= 11 is 1.44. The van der Waals surface area contributed by atoms with Crippen molar-refractivity contribution < 1.29 is 9.18 Å². The van der Waals surface area contributed by atoms with Crippen molar-refractivity contribution in [3.8, 4) is 5.69 Å². The van der Waals surface area contributed by atoms with E-state index in [-0.39, 0.29) is 17.8 Å². The molecule has 1 amide bonds. The summed E-state index contributed by atoms with van der Waals surface area (Å²) in [5.74, 6) is -0.209. The lowest BCUT2D eigenvalue weighted by Gasteiger charge is -2.33. The zero-order chi connectivity index (χ0) is 17.6. The number of carbonyl (C=O) groups excluding carboxylic acids is 1. The van der Waals surface area contributed by atoms with E-state index in [0.29, 0.717) is 0 Å². The molecule has 1 aliphatic heterocycles. The van der Waals surface area contributed by atoms with Gasteiger partial charge in [0.1, 0.15) is 10.6 Å². The van der Waals surface area contributed by atoms with Gasteiger partial charge in [-0.15, -0.1) is 11.3 Å². The summed E-state index contributed by atoms with van der Waals surface area (Å²) in [5.41, 5.74) is 1.65. The van der Waals surface area contributed by atoms with Crippen molar-refractivity contribution in [2.45, 2.75) is 19.9 Å². The van der Waals surface area contributed by atoms with Gasteiger partial charge in [-0.2, -0.15) is 5.10 Å². The summed E-state index contributed by atoms with van der Waals surface area (Å²) < 4.78 is 15.0. The number of aromatic nitrogens is 2. The molecule has 130 valence electrons. The van der Waals surface area contributed by atoms with Crippen LogP contribution in [-0.4, -0.2) is 46.3 Å². The zero-order valence-corrected chi connectivity index (χ0v) is 14.9. The second kappa shape index (κ2) is 6.24. The van der Waals surface area contributed by atoms with E-state index in [4.69, 9.17) is 0 Å². The van der Waals surface area contributed by atoms with Crippen LogP contribution in [0.4, 0.5) is 4.39 Å². The van der Waals surface area contributed by atoms with Crippen LogP contribution in [0.1, 0.15) is 22.3 Å². The van der Waals surface area contributed by atoms with Crippen LogP contribution in [0, 0.1) is 12.7 Å². The first-order valence-corrected chi connectivity index (χ1v) is 9.13. The molecule has 5 nitrogen and oxygen atoms in total. The second-order valence-corrected chi connectivity index (χ2v) is 7.39.